The highest BCUT2D eigenvalue weighted by Gasteiger charge is 2.12. The number of halogens is 2. The fraction of sp³-hybridized carbons (Fsp3) is 0.600. The Balaban J connectivity index is 2.52. The molecule has 0 aliphatic heterocycles. The van der Waals surface area contributed by atoms with E-state index in [-0.39, 0.29) is 0 Å². The van der Waals surface area contributed by atoms with E-state index in [1.54, 1.807) is 0 Å². The minimum Gasteiger partial charge on any atom is -0.313 e. The van der Waals surface area contributed by atoms with Crippen LogP contribution in [0.1, 0.15) is 57.1 Å². The van der Waals surface area contributed by atoms with Crippen molar-refractivity contribution in [2.24, 2.45) is 0 Å². The van der Waals surface area contributed by atoms with Crippen LogP contribution < -0.4 is 5.32 Å². The molecule has 0 aliphatic rings. The molecule has 0 heterocycles. The van der Waals surface area contributed by atoms with Gasteiger partial charge in [-0.15, -0.1) is 0 Å². The van der Waals surface area contributed by atoms with Crippen LogP contribution in [0.4, 0.5) is 0 Å². The van der Waals surface area contributed by atoms with E-state index in [4.69, 9.17) is 11.6 Å². The first-order valence-corrected chi connectivity index (χ1v) is 8.27. The second-order valence-electron chi connectivity index (χ2n) is 4.71. The van der Waals surface area contributed by atoms with Crippen LogP contribution >= 0.6 is 34.2 Å². The Hall–Kier alpha value is 0.200. The highest BCUT2D eigenvalue weighted by Crippen LogP contribution is 2.27. The third-order valence-electron chi connectivity index (χ3n) is 3.28. The molecule has 1 rings (SSSR count). The van der Waals surface area contributed by atoms with E-state index < -0.39 is 0 Å². The Morgan fingerprint density at radius 2 is 1.94 bits per heavy atom. The zero-order valence-electron chi connectivity index (χ0n) is 11.3. The van der Waals surface area contributed by atoms with Crippen molar-refractivity contribution in [2.45, 2.75) is 51.5 Å². The predicted molar refractivity (Wildman–Crippen MR) is 89.3 cm³/mol. The van der Waals surface area contributed by atoms with Crippen molar-refractivity contribution in [3.63, 3.8) is 0 Å². The molecule has 0 aliphatic carbocycles. The molecule has 1 atom stereocenters. The molecule has 1 unspecified atom stereocenters. The van der Waals surface area contributed by atoms with Gasteiger partial charge in [-0.3, -0.25) is 0 Å². The van der Waals surface area contributed by atoms with Crippen molar-refractivity contribution in [1.82, 2.24) is 5.32 Å². The van der Waals surface area contributed by atoms with Gasteiger partial charge >= 0.3 is 0 Å². The molecule has 0 saturated carbocycles. The largest absolute Gasteiger partial charge is 0.313 e. The molecule has 0 aromatic heterocycles. The molecule has 3 heteroatoms. The minimum atomic E-state index is 0.428. The van der Waals surface area contributed by atoms with Gasteiger partial charge in [0.25, 0.3) is 0 Å². The van der Waals surface area contributed by atoms with Crippen LogP contribution in [0, 0.1) is 3.57 Å². The van der Waals surface area contributed by atoms with Gasteiger partial charge in [-0.1, -0.05) is 50.6 Å². The van der Waals surface area contributed by atoms with Crippen molar-refractivity contribution in [2.75, 3.05) is 7.05 Å². The molecule has 1 N–H and O–H groups in total. The molecule has 0 radical (unpaired) electrons. The third kappa shape index (κ3) is 5.45. The maximum absolute atomic E-state index is 6.09. The van der Waals surface area contributed by atoms with Crippen molar-refractivity contribution in [1.29, 1.82) is 0 Å². The molecule has 0 amide bonds. The lowest BCUT2D eigenvalue weighted by atomic mass is 10.00. The van der Waals surface area contributed by atoms with Crippen molar-refractivity contribution >= 4 is 34.2 Å². The molecular formula is C15H23ClIN. The number of unbranched alkanes of at least 4 members (excludes halogenated alkanes) is 4. The summed E-state index contributed by atoms with van der Waals surface area (Å²) in [6.45, 7) is 2.25. The van der Waals surface area contributed by atoms with Crippen LogP contribution in [-0.2, 0) is 0 Å². The fourth-order valence-corrected chi connectivity index (χ4v) is 3.08. The molecule has 1 aromatic rings. The summed E-state index contributed by atoms with van der Waals surface area (Å²) in [5.41, 5.74) is 1.33. The number of hydrogen-bond acceptors (Lipinski definition) is 1. The van der Waals surface area contributed by atoms with E-state index in [9.17, 15) is 0 Å². The maximum atomic E-state index is 6.09. The average molecular weight is 380 g/mol. The van der Waals surface area contributed by atoms with Gasteiger partial charge in [-0.25, -0.2) is 0 Å². The third-order valence-corrected chi connectivity index (χ3v) is 4.50. The summed E-state index contributed by atoms with van der Waals surface area (Å²) in [7, 11) is 2.04. The summed E-state index contributed by atoms with van der Waals surface area (Å²) < 4.78 is 1.30. The lowest BCUT2D eigenvalue weighted by Crippen LogP contribution is -2.17. The van der Waals surface area contributed by atoms with Crippen LogP contribution in [0.5, 0.6) is 0 Å². The van der Waals surface area contributed by atoms with E-state index in [1.807, 2.05) is 13.1 Å². The summed E-state index contributed by atoms with van der Waals surface area (Å²) in [6.07, 6.45) is 7.84. The van der Waals surface area contributed by atoms with Gasteiger partial charge in [0.2, 0.25) is 0 Å². The second kappa shape index (κ2) is 9.16. The minimum absolute atomic E-state index is 0.428. The first kappa shape index (κ1) is 16.3. The van der Waals surface area contributed by atoms with E-state index >= 15 is 0 Å². The topological polar surface area (TPSA) is 12.0 Å². The van der Waals surface area contributed by atoms with E-state index in [1.165, 1.54) is 47.7 Å². The van der Waals surface area contributed by atoms with Gasteiger partial charge < -0.3 is 5.32 Å². The number of hydrogen-bond donors (Lipinski definition) is 1. The Morgan fingerprint density at radius 1 is 1.22 bits per heavy atom. The van der Waals surface area contributed by atoms with Gasteiger partial charge in [0, 0.05) is 14.6 Å². The van der Waals surface area contributed by atoms with Gasteiger partial charge in [0.15, 0.2) is 0 Å². The molecule has 1 aromatic carbocycles. The Bertz CT molecular complexity index is 354. The van der Waals surface area contributed by atoms with E-state index in [2.05, 4.69) is 47.0 Å². The standard InChI is InChI=1S/C15H23ClIN/c1-3-4-5-6-7-8-15(18-2)13-11-12(16)9-10-14(13)17/h9-11,15,18H,3-8H2,1-2H3. The molecule has 0 bridgehead atoms. The number of nitrogens with one attached hydrogen (secondary N) is 1. The fourth-order valence-electron chi connectivity index (χ4n) is 2.19. The first-order chi connectivity index (χ1) is 8.69. The summed E-state index contributed by atoms with van der Waals surface area (Å²) in [5.74, 6) is 0. The van der Waals surface area contributed by atoms with Crippen LogP contribution in [0.15, 0.2) is 18.2 Å². The molecule has 1 nitrogen and oxygen atoms in total. The van der Waals surface area contributed by atoms with Crippen molar-refractivity contribution in [3.8, 4) is 0 Å². The molecule has 0 saturated heterocycles. The summed E-state index contributed by atoms with van der Waals surface area (Å²) in [5, 5.41) is 4.24. The molecule has 0 fully saturated rings. The second-order valence-corrected chi connectivity index (χ2v) is 6.31. The zero-order chi connectivity index (χ0) is 13.4. The SMILES string of the molecule is CCCCCCCC(NC)c1cc(Cl)ccc1I. The van der Waals surface area contributed by atoms with Crippen LogP contribution in [0.3, 0.4) is 0 Å². The predicted octanol–water partition coefficient (Wildman–Crippen LogP) is 5.57. The average Bonchev–Trinajstić information content (AvgIpc) is 2.37. The molecule has 0 spiro atoms. The number of benzene rings is 1. The molecule has 18 heavy (non-hydrogen) atoms. The molecule has 102 valence electrons. The summed E-state index contributed by atoms with van der Waals surface area (Å²) in [6, 6.07) is 6.58. The van der Waals surface area contributed by atoms with E-state index in [0.29, 0.717) is 6.04 Å². The Labute approximate surface area is 130 Å². The Kier molecular flexibility index (Phi) is 8.27. The van der Waals surface area contributed by atoms with Crippen LogP contribution in [-0.4, -0.2) is 7.05 Å². The highest BCUT2D eigenvalue weighted by molar-refractivity contribution is 14.1. The summed E-state index contributed by atoms with van der Waals surface area (Å²) in [4.78, 5) is 0. The van der Waals surface area contributed by atoms with E-state index in [0.717, 1.165) is 5.02 Å². The van der Waals surface area contributed by atoms with Crippen molar-refractivity contribution < 1.29 is 0 Å². The van der Waals surface area contributed by atoms with Gasteiger partial charge in [-0.2, -0.15) is 0 Å². The monoisotopic (exact) mass is 379 g/mol. The lowest BCUT2D eigenvalue weighted by Gasteiger charge is -2.18. The maximum Gasteiger partial charge on any atom is 0.0410 e. The molecular weight excluding hydrogens is 357 g/mol. The van der Waals surface area contributed by atoms with Crippen molar-refractivity contribution in [3.05, 3.63) is 32.4 Å². The van der Waals surface area contributed by atoms with Crippen LogP contribution in [0.2, 0.25) is 5.02 Å². The smallest absolute Gasteiger partial charge is 0.0410 e. The van der Waals surface area contributed by atoms with Gasteiger partial charge in [-0.05, 0) is 59.8 Å². The van der Waals surface area contributed by atoms with Gasteiger partial charge in [0.1, 0.15) is 0 Å². The zero-order valence-corrected chi connectivity index (χ0v) is 14.2. The first-order valence-electron chi connectivity index (χ1n) is 6.81. The highest BCUT2D eigenvalue weighted by atomic mass is 127. The normalized spacial score (nSPS) is 12.7. The van der Waals surface area contributed by atoms with Gasteiger partial charge in [0.05, 0.1) is 0 Å². The lowest BCUT2D eigenvalue weighted by molar-refractivity contribution is 0.499. The number of rotatable bonds is 8. The van der Waals surface area contributed by atoms with Crippen LogP contribution in [0.25, 0.3) is 0 Å². The summed E-state index contributed by atoms with van der Waals surface area (Å²) >= 11 is 8.48. The Morgan fingerprint density at radius 3 is 2.61 bits per heavy atom. The quantitative estimate of drug-likeness (QED) is 0.460.